The van der Waals surface area contributed by atoms with Gasteiger partial charge in [0.15, 0.2) is 18.1 Å². The summed E-state index contributed by atoms with van der Waals surface area (Å²) >= 11 is 0. The van der Waals surface area contributed by atoms with E-state index in [9.17, 15) is 18.8 Å². The first-order valence-corrected chi connectivity index (χ1v) is 9.39. The van der Waals surface area contributed by atoms with Crippen LogP contribution < -0.4 is 25.5 Å². The van der Waals surface area contributed by atoms with E-state index in [0.717, 1.165) is 0 Å². The zero-order valence-corrected chi connectivity index (χ0v) is 17.5. The number of hydrogen-bond donors (Lipinski definition) is 3. The second-order valence-electron chi connectivity index (χ2n) is 6.20. The molecule has 3 amide bonds. The second-order valence-corrected chi connectivity index (χ2v) is 6.20. The maximum Gasteiger partial charge on any atom is 0.329 e. The summed E-state index contributed by atoms with van der Waals surface area (Å²) in [6, 6.07) is 10.1. The van der Waals surface area contributed by atoms with Crippen LogP contribution in [-0.4, -0.2) is 57.9 Å². The monoisotopic (exact) mass is 446 g/mol. The third-order valence-electron chi connectivity index (χ3n) is 3.85. The molecular formula is C21H23FN4O6. The van der Waals surface area contributed by atoms with Crippen molar-refractivity contribution < 1.29 is 33.0 Å². The van der Waals surface area contributed by atoms with Gasteiger partial charge in [-0.25, -0.2) is 9.82 Å². The molecule has 11 heteroatoms. The number of halogens is 1. The number of nitrogens with one attached hydrogen (secondary N) is 3. The lowest BCUT2D eigenvalue weighted by molar-refractivity contribution is -0.139. The van der Waals surface area contributed by atoms with Crippen LogP contribution in [0.3, 0.4) is 0 Å². The van der Waals surface area contributed by atoms with Crippen molar-refractivity contribution in [3.05, 3.63) is 53.8 Å². The molecule has 10 nitrogen and oxygen atoms in total. The molecule has 3 N–H and O–H groups in total. The first-order chi connectivity index (χ1) is 15.4. The maximum atomic E-state index is 12.9. The normalized spacial score (nSPS) is 10.5. The molecule has 0 radical (unpaired) electrons. The van der Waals surface area contributed by atoms with Gasteiger partial charge in [-0.1, -0.05) is 0 Å². The quantitative estimate of drug-likeness (QED) is 0.217. The summed E-state index contributed by atoms with van der Waals surface area (Å²) in [6.07, 6.45) is 1.31. The van der Waals surface area contributed by atoms with Crippen molar-refractivity contribution in [1.82, 2.24) is 10.7 Å². The highest BCUT2D eigenvalue weighted by atomic mass is 19.1. The standard InChI is InChI=1S/C21H23FN4O6/c1-30-10-9-23-20(28)21(29)26-24-12-14-3-8-17(18(11-14)31-2)32-13-19(27)25-16-6-4-15(22)5-7-16/h3-8,11-12H,9-10,13H2,1-2H3,(H,23,28)(H,25,27)(H,26,29)/b24-12-. The molecule has 0 heterocycles. The number of ether oxygens (including phenoxy) is 3. The molecule has 0 bridgehead atoms. The van der Waals surface area contributed by atoms with Crippen molar-refractivity contribution in [2.24, 2.45) is 5.10 Å². The van der Waals surface area contributed by atoms with Crippen molar-refractivity contribution in [1.29, 1.82) is 0 Å². The van der Waals surface area contributed by atoms with Gasteiger partial charge in [0.25, 0.3) is 5.91 Å². The molecule has 170 valence electrons. The molecule has 2 rings (SSSR count). The van der Waals surface area contributed by atoms with Crippen molar-refractivity contribution in [2.45, 2.75) is 0 Å². The summed E-state index contributed by atoms with van der Waals surface area (Å²) < 4.78 is 28.4. The molecule has 0 spiro atoms. The minimum absolute atomic E-state index is 0.201. The number of anilines is 1. The Morgan fingerprint density at radius 2 is 1.78 bits per heavy atom. The fourth-order valence-corrected chi connectivity index (χ4v) is 2.32. The van der Waals surface area contributed by atoms with E-state index in [1.54, 1.807) is 18.2 Å². The molecule has 0 aliphatic carbocycles. The number of rotatable bonds is 10. The van der Waals surface area contributed by atoms with Crippen molar-refractivity contribution in [3.63, 3.8) is 0 Å². The van der Waals surface area contributed by atoms with Crippen LogP contribution in [0.4, 0.5) is 10.1 Å². The number of carbonyl (C=O) groups excluding carboxylic acids is 3. The van der Waals surface area contributed by atoms with Crippen LogP contribution in [-0.2, 0) is 19.1 Å². The third-order valence-corrected chi connectivity index (χ3v) is 3.85. The van der Waals surface area contributed by atoms with Gasteiger partial charge in [0.1, 0.15) is 5.82 Å². The molecule has 32 heavy (non-hydrogen) atoms. The van der Waals surface area contributed by atoms with Crippen LogP contribution >= 0.6 is 0 Å². The Labute approximate surface area is 183 Å². The lowest BCUT2D eigenvalue weighted by Gasteiger charge is -2.11. The number of amides is 3. The van der Waals surface area contributed by atoms with E-state index < -0.39 is 23.5 Å². The number of benzene rings is 2. The Morgan fingerprint density at radius 3 is 2.47 bits per heavy atom. The van der Waals surface area contributed by atoms with Gasteiger partial charge in [0.05, 0.1) is 19.9 Å². The lowest BCUT2D eigenvalue weighted by atomic mass is 10.2. The van der Waals surface area contributed by atoms with Gasteiger partial charge in [-0.3, -0.25) is 14.4 Å². The highest BCUT2D eigenvalue weighted by molar-refractivity contribution is 6.35. The van der Waals surface area contributed by atoms with Gasteiger partial charge in [-0.2, -0.15) is 5.10 Å². The Morgan fingerprint density at radius 1 is 1.03 bits per heavy atom. The Balaban J connectivity index is 1.87. The predicted octanol–water partition coefficient (Wildman–Crippen LogP) is 1.06. The van der Waals surface area contributed by atoms with Crippen LogP contribution in [0, 0.1) is 5.82 Å². The number of methoxy groups -OCH3 is 2. The molecular weight excluding hydrogens is 423 g/mol. The smallest absolute Gasteiger partial charge is 0.329 e. The summed E-state index contributed by atoms with van der Waals surface area (Å²) in [6.45, 7) is 0.187. The third kappa shape index (κ3) is 8.03. The van der Waals surface area contributed by atoms with Crippen LogP contribution in [0.5, 0.6) is 11.5 Å². The molecule has 0 aliphatic rings. The molecule has 0 aromatic heterocycles. The summed E-state index contributed by atoms with van der Waals surface area (Å²) in [5.41, 5.74) is 3.09. The largest absolute Gasteiger partial charge is 0.493 e. The minimum Gasteiger partial charge on any atom is -0.493 e. The molecule has 0 fully saturated rings. The maximum absolute atomic E-state index is 12.9. The van der Waals surface area contributed by atoms with Crippen LogP contribution in [0.15, 0.2) is 47.6 Å². The number of carbonyl (C=O) groups is 3. The Kier molecular flexibility index (Phi) is 9.60. The van der Waals surface area contributed by atoms with E-state index in [-0.39, 0.29) is 19.8 Å². The number of hydrazone groups is 1. The lowest BCUT2D eigenvalue weighted by Crippen LogP contribution is -2.39. The highest BCUT2D eigenvalue weighted by Gasteiger charge is 2.12. The van der Waals surface area contributed by atoms with E-state index in [2.05, 4.69) is 21.2 Å². The summed E-state index contributed by atoms with van der Waals surface area (Å²) in [7, 11) is 2.90. The molecule has 0 unspecified atom stereocenters. The fraction of sp³-hybridized carbons (Fsp3) is 0.238. The zero-order valence-electron chi connectivity index (χ0n) is 17.5. The first-order valence-electron chi connectivity index (χ1n) is 9.39. The van der Waals surface area contributed by atoms with E-state index in [1.807, 2.05) is 0 Å². The second kappa shape index (κ2) is 12.6. The predicted molar refractivity (Wildman–Crippen MR) is 114 cm³/mol. The average molecular weight is 446 g/mol. The summed E-state index contributed by atoms with van der Waals surface area (Å²) in [4.78, 5) is 35.2. The van der Waals surface area contributed by atoms with Gasteiger partial charge in [-0.05, 0) is 48.0 Å². The van der Waals surface area contributed by atoms with Gasteiger partial charge >= 0.3 is 11.8 Å². The molecule has 0 saturated carbocycles. The SMILES string of the molecule is COCCNC(=O)C(=O)N/N=C\c1ccc(OCC(=O)Nc2ccc(F)cc2)c(OC)c1. The fourth-order valence-electron chi connectivity index (χ4n) is 2.32. The molecule has 2 aromatic rings. The van der Waals surface area contributed by atoms with Crippen LogP contribution in [0.25, 0.3) is 0 Å². The average Bonchev–Trinajstić information content (AvgIpc) is 2.79. The van der Waals surface area contributed by atoms with E-state index in [4.69, 9.17) is 14.2 Å². The minimum atomic E-state index is -0.920. The van der Waals surface area contributed by atoms with E-state index in [1.165, 1.54) is 44.7 Å². The van der Waals surface area contributed by atoms with Crippen molar-refractivity contribution >= 4 is 29.6 Å². The van der Waals surface area contributed by atoms with Gasteiger partial charge < -0.3 is 24.8 Å². The topological polar surface area (TPSA) is 127 Å². The molecule has 2 aromatic carbocycles. The van der Waals surface area contributed by atoms with Crippen LogP contribution in [0.1, 0.15) is 5.56 Å². The van der Waals surface area contributed by atoms with Gasteiger partial charge in [0.2, 0.25) is 0 Å². The zero-order chi connectivity index (χ0) is 23.3. The van der Waals surface area contributed by atoms with Crippen molar-refractivity contribution in [2.75, 3.05) is 39.3 Å². The van der Waals surface area contributed by atoms with Gasteiger partial charge in [0, 0.05) is 19.3 Å². The molecule has 0 saturated heterocycles. The van der Waals surface area contributed by atoms with E-state index >= 15 is 0 Å². The first kappa shape index (κ1) is 24.3. The summed E-state index contributed by atoms with van der Waals surface area (Å²) in [5.74, 6) is -1.96. The summed E-state index contributed by atoms with van der Waals surface area (Å²) in [5, 5.41) is 8.66. The highest BCUT2D eigenvalue weighted by Crippen LogP contribution is 2.27. The number of nitrogens with zero attached hydrogens (tertiary/aromatic N) is 1. The van der Waals surface area contributed by atoms with E-state index in [0.29, 0.717) is 22.7 Å². The van der Waals surface area contributed by atoms with Crippen molar-refractivity contribution in [3.8, 4) is 11.5 Å². The molecule has 0 aliphatic heterocycles. The molecule has 0 atom stereocenters. The Hall–Kier alpha value is -3.99. The van der Waals surface area contributed by atoms with Crippen LogP contribution in [0.2, 0.25) is 0 Å². The number of hydrogen-bond acceptors (Lipinski definition) is 7. The Bertz CT molecular complexity index is 965. The van der Waals surface area contributed by atoms with Gasteiger partial charge in [-0.15, -0.1) is 0 Å².